The summed E-state index contributed by atoms with van der Waals surface area (Å²) in [6.07, 6.45) is 2.18. The molecule has 1 saturated carbocycles. The molecule has 1 fully saturated rings. The van der Waals surface area contributed by atoms with Gasteiger partial charge in [-0.05, 0) is 44.4 Å². The predicted molar refractivity (Wildman–Crippen MR) is 112 cm³/mol. The van der Waals surface area contributed by atoms with Crippen LogP contribution >= 0.6 is 24.0 Å². The lowest BCUT2D eigenvalue weighted by atomic mass is 10.2. The first-order valence-corrected chi connectivity index (χ1v) is 8.63. The van der Waals surface area contributed by atoms with Crippen LogP contribution in [0.4, 0.5) is 0 Å². The van der Waals surface area contributed by atoms with Gasteiger partial charge in [0, 0.05) is 26.2 Å². The summed E-state index contributed by atoms with van der Waals surface area (Å²) in [7, 11) is 1.97. The van der Waals surface area contributed by atoms with E-state index in [2.05, 4.69) is 15.6 Å². The number of hydrogen-bond acceptors (Lipinski definition) is 3. The van der Waals surface area contributed by atoms with Crippen molar-refractivity contribution in [3.63, 3.8) is 0 Å². The van der Waals surface area contributed by atoms with Crippen LogP contribution in [-0.4, -0.2) is 49.6 Å². The van der Waals surface area contributed by atoms with Gasteiger partial charge in [-0.15, -0.1) is 24.0 Å². The van der Waals surface area contributed by atoms with E-state index in [4.69, 9.17) is 4.74 Å². The van der Waals surface area contributed by atoms with Crippen molar-refractivity contribution in [2.45, 2.75) is 39.3 Å². The highest BCUT2D eigenvalue weighted by Crippen LogP contribution is 2.18. The third kappa shape index (κ3) is 7.94. The second kappa shape index (κ2) is 11.2. The van der Waals surface area contributed by atoms with E-state index in [0.717, 1.165) is 36.7 Å². The maximum Gasteiger partial charge on any atom is 0.242 e. The molecular formula is C18H29IN4O2. The second-order valence-electron chi connectivity index (χ2n) is 5.94. The van der Waals surface area contributed by atoms with Crippen molar-refractivity contribution < 1.29 is 9.53 Å². The molecule has 0 aliphatic heterocycles. The van der Waals surface area contributed by atoms with Crippen molar-refractivity contribution in [2.75, 3.05) is 26.7 Å². The zero-order valence-corrected chi connectivity index (χ0v) is 17.6. The number of guanidine groups is 1. The van der Waals surface area contributed by atoms with Crippen molar-refractivity contribution in [1.29, 1.82) is 0 Å². The molecule has 1 aromatic carbocycles. The Morgan fingerprint density at radius 3 is 2.52 bits per heavy atom. The minimum atomic E-state index is -0.0117. The van der Waals surface area contributed by atoms with Gasteiger partial charge < -0.3 is 20.3 Å². The van der Waals surface area contributed by atoms with E-state index in [1.807, 2.05) is 50.1 Å². The molecular weight excluding hydrogens is 431 g/mol. The normalized spacial score (nSPS) is 13.6. The van der Waals surface area contributed by atoms with Gasteiger partial charge in [0.05, 0.1) is 6.61 Å². The van der Waals surface area contributed by atoms with Crippen LogP contribution < -0.4 is 15.4 Å². The molecule has 140 valence electrons. The number of nitrogens with one attached hydrogen (secondary N) is 2. The van der Waals surface area contributed by atoms with Crippen LogP contribution in [0, 0.1) is 0 Å². The van der Waals surface area contributed by atoms with Crippen molar-refractivity contribution in [2.24, 2.45) is 4.99 Å². The van der Waals surface area contributed by atoms with Crippen molar-refractivity contribution in [1.82, 2.24) is 15.5 Å². The lowest BCUT2D eigenvalue weighted by Gasteiger charge is -2.22. The van der Waals surface area contributed by atoms with Gasteiger partial charge in [0.2, 0.25) is 5.91 Å². The van der Waals surface area contributed by atoms with Crippen LogP contribution in [0.25, 0.3) is 0 Å². The van der Waals surface area contributed by atoms with E-state index >= 15 is 0 Å². The highest BCUT2D eigenvalue weighted by atomic mass is 127. The standard InChI is InChI=1S/C18H28N4O2.HI/c1-4-19-18(20-12-17(23)21-15-8-9-15)22(3)13-14-6-10-16(11-7-14)24-5-2;/h6-7,10-11,15H,4-5,8-9,12-13H2,1-3H3,(H,19,20)(H,21,23);1H. The van der Waals surface area contributed by atoms with Crippen LogP contribution in [0.3, 0.4) is 0 Å². The Balaban J connectivity index is 0.00000312. The zero-order valence-electron chi connectivity index (χ0n) is 15.2. The Labute approximate surface area is 167 Å². The van der Waals surface area contributed by atoms with E-state index in [1.165, 1.54) is 0 Å². The first-order valence-electron chi connectivity index (χ1n) is 8.63. The maximum atomic E-state index is 11.8. The molecule has 6 nitrogen and oxygen atoms in total. The number of halogens is 1. The quantitative estimate of drug-likeness (QED) is 0.355. The van der Waals surface area contributed by atoms with Gasteiger partial charge in [-0.3, -0.25) is 4.79 Å². The largest absolute Gasteiger partial charge is 0.494 e. The predicted octanol–water partition coefficient (Wildman–Crippen LogP) is 2.38. The molecule has 7 heteroatoms. The fraction of sp³-hybridized carbons (Fsp3) is 0.556. The molecule has 1 aliphatic rings. The van der Waals surface area contributed by atoms with Gasteiger partial charge in [0.1, 0.15) is 12.3 Å². The molecule has 0 spiro atoms. The first-order chi connectivity index (χ1) is 11.6. The lowest BCUT2D eigenvalue weighted by Crippen LogP contribution is -2.39. The Bertz CT molecular complexity index is 559. The number of amides is 1. The molecule has 2 N–H and O–H groups in total. The second-order valence-corrected chi connectivity index (χ2v) is 5.94. The van der Waals surface area contributed by atoms with Gasteiger partial charge in [-0.1, -0.05) is 12.1 Å². The Kier molecular flexibility index (Phi) is 9.62. The number of ether oxygens (including phenoxy) is 1. The van der Waals surface area contributed by atoms with E-state index in [-0.39, 0.29) is 36.4 Å². The summed E-state index contributed by atoms with van der Waals surface area (Å²) in [6, 6.07) is 8.41. The Morgan fingerprint density at radius 1 is 1.28 bits per heavy atom. The van der Waals surface area contributed by atoms with Crippen LogP contribution in [0.15, 0.2) is 29.3 Å². The van der Waals surface area contributed by atoms with Gasteiger partial charge in [0.25, 0.3) is 0 Å². The van der Waals surface area contributed by atoms with Crippen molar-refractivity contribution >= 4 is 35.8 Å². The monoisotopic (exact) mass is 460 g/mol. The van der Waals surface area contributed by atoms with Gasteiger partial charge in [-0.2, -0.15) is 0 Å². The summed E-state index contributed by atoms with van der Waals surface area (Å²) >= 11 is 0. The molecule has 1 aromatic rings. The van der Waals surface area contributed by atoms with Gasteiger partial charge in [0.15, 0.2) is 5.96 Å². The number of carbonyl (C=O) groups excluding carboxylic acids is 1. The number of rotatable bonds is 8. The average Bonchev–Trinajstić information content (AvgIpc) is 3.37. The number of hydrogen-bond donors (Lipinski definition) is 2. The summed E-state index contributed by atoms with van der Waals surface area (Å²) in [5.74, 6) is 1.60. The fourth-order valence-corrected chi connectivity index (χ4v) is 2.32. The van der Waals surface area contributed by atoms with Crippen LogP contribution in [0.1, 0.15) is 32.3 Å². The smallest absolute Gasteiger partial charge is 0.242 e. The van der Waals surface area contributed by atoms with Gasteiger partial charge in [-0.25, -0.2) is 4.99 Å². The molecule has 25 heavy (non-hydrogen) atoms. The Morgan fingerprint density at radius 2 is 1.96 bits per heavy atom. The summed E-state index contributed by atoms with van der Waals surface area (Å²) in [5.41, 5.74) is 1.16. The molecule has 2 rings (SSSR count). The highest BCUT2D eigenvalue weighted by molar-refractivity contribution is 14.0. The van der Waals surface area contributed by atoms with Crippen LogP contribution in [0.5, 0.6) is 5.75 Å². The summed E-state index contributed by atoms with van der Waals surface area (Å²) in [4.78, 5) is 18.3. The fourth-order valence-electron chi connectivity index (χ4n) is 2.32. The molecule has 0 aromatic heterocycles. The maximum absolute atomic E-state index is 11.8. The van der Waals surface area contributed by atoms with Crippen LogP contribution in [-0.2, 0) is 11.3 Å². The first kappa shape index (κ1) is 21.5. The van der Waals surface area contributed by atoms with Crippen molar-refractivity contribution in [3.8, 4) is 5.75 Å². The molecule has 1 amide bonds. The van der Waals surface area contributed by atoms with Crippen molar-refractivity contribution in [3.05, 3.63) is 29.8 Å². The molecule has 0 bridgehead atoms. The lowest BCUT2D eigenvalue weighted by molar-refractivity contribution is -0.119. The topological polar surface area (TPSA) is 66.0 Å². The zero-order chi connectivity index (χ0) is 17.4. The van der Waals surface area contributed by atoms with E-state index < -0.39 is 0 Å². The highest BCUT2D eigenvalue weighted by Gasteiger charge is 2.22. The van der Waals surface area contributed by atoms with E-state index in [1.54, 1.807) is 0 Å². The Hall–Kier alpha value is -1.51. The minimum absolute atomic E-state index is 0. The number of aliphatic imine (C=N–C) groups is 1. The molecule has 0 unspecified atom stereocenters. The molecule has 0 saturated heterocycles. The van der Waals surface area contributed by atoms with E-state index in [0.29, 0.717) is 19.2 Å². The number of benzene rings is 1. The van der Waals surface area contributed by atoms with E-state index in [9.17, 15) is 4.79 Å². The van der Waals surface area contributed by atoms with Gasteiger partial charge >= 0.3 is 0 Å². The SMILES string of the molecule is CCNC(=NCC(=O)NC1CC1)N(C)Cc1ccc(OCC)cc1.I. The summed E-state index contributed by atoms with van der Waals surface area (Å²) in [6.45, 7) is 6.29. The summed E-state index contributed by atoms with van der Waals surface area (Å²) in [5, 5.41) is 6.18. The van der Waals surface area contributed by atoms with Crippen LogP contribution in [0.2, 0.25) is 0 Å². The third-order valence-corrected chi connectivity index (χ3v) is 3.67. The minimum Gasteiger partial charge on any atom is -0.494 e. The molecule has 0 heterocycles. The average molecular weight is 460 g/mol. The molecule has 1 aliphatic carbocycles. The third-order valence-electron chi connectivity index (χ3n) is 3.67. The number of nitrogens with zero attached hydrogens (tertiary/aromatic N) is 2. The molecule has 0 atom stereocenters. The summed E-state index contributed by atoms with van der Waals surface area (Å²) < 4.78 is 5.46. The number of carbonyl (C=O) groups is 1. The molecule has 0 radical (unpaired) electrons.